The summed E-state index contributed by atoms with van der Waals surface area (Å²) in [6.45, 7) is 5.46. The van der Waals surface area contributed by atoms with E-state index in [2.05, 4.69) is 29.6 Å². The molecule has 0 fully saturated rings. The van der Waals surface area contributed by atoms with Gasteiger partial charge in [0.05, 0.1) is 0 Å². The van der Waals surface area contributed by atoms with E-state index in [4.69, 9.17) is 11.6 Å². The fraction of sp³-hybridized carbons (Fsp3) is 0.769. The van der Waals surface area contributed by atoms with Gasteiger partial charge in [-0.3, -0.25) is 0 Å². The number of aryl methyl sites for hydroxylation is 2. The molecular weight excluding hydrogens is 220 g/mol. The van der Waals surface area contributed by atoms with Crippen LogP contribution in [0.15, 0.2) is 12.4 Å². The Balaban J connectivity index is 2.28. The van der Waals surface area contributed by atoms with Gasteiger partial charge >= 0.3 is 0 Å². The smallest absolute Gasteiger partial charge is 0.108 e. The van der Waals surface area contributed by atoms with Gasteiger partial charge in [-0.2, -0.15) is 0 Å². The molecule has 0 radical (unpaired) electrons. The number of halogens is 1. The predicted molar refractivity (Wildman–Crippen MR) is 70.0 cm³/mol. The number of imidazole rings is 1. The van der Waals surface area contributed by atoms with Crippen molar-refractivity contribution in [2.24, 2.45) is 0 Å². The number of hydrogen-bond donors (Lipinski definition) is 0. The zero-order valence-electron chi connectivity index (χ0n) is 10.5. The Morgan fingerprint density at radius 3 is 2.81 bits per heavy atom. The lowest BCUT2D eigenvalue weighted by molar-refractivity contribution is 0.592. The number of rotatable bonds is 8. The van der Waals surface area contributed by atoms with Crippen molar-refractivity contribution < 1.29 is 0 Å². The standard InChI is InChI=1S/C13H23ClN2/c1-3-6-12(14)7-5-8-13-15-9-11-16(13)10-4-2/h9,11-12H,3-8,10H2,1-2H3. The molecule has 0 saturated carbocycles. The Kier molecular flexibility index (Phi) is 6.55. The fourth-order valence-corrected chi connectivity index (χ4v) is 2.32. The maximum Gasteiger partial charge on any atom is 0.108 e. The van der Waals surface area contributed by atoms with Crippen LogP contribution in [-0.2, 0) is 13.0 Å². The van der Waals surface area contributed by atoms with E-state index in [0.29, 0.717) is 5.38 Å². The monoisotopic (exact) mass is 242 g/mol. The summed E-state index contributed by atoms with van der Waals surface area (Å²) < 4.78 is 2.25. The molecule has 0 bridgehead atoms. The molecule has 0 spiro atoms. The Morgan fingerprint density at radius 1 is 1.31 bits per heavy atom. The van der Waals surface area contributed by atoms with Crippen molar-refractivity contribution >= 4 is 11.6 Å². The van der Waals surface area contributed by atoms with Crippen molar-refractivity contribution in [2.45, 2.75) is 64.3 Å². The third-order valence-corrected chi connectivity index (χ3v) is 3.22. The zero-order valence-corrected chi connectivity index (χ0v) is 11.2. The minimum absolute atomic E-state index is 0.347. The van der Waals surface area contributed by atoms with E-state index >= 15 is 0 Å². The topological polar surface area (TPSA) is 17.8 Å². The predicted octanol–water partition coefficient (Wildman–Crippen LogP) is 4.02. The van der Waals surface area contributed by atoms with E-state index in [1.807, 2.05) is 6.20 Å². The van der Waals surface area contributed by atoms with Gasteiger partial charge in [0.25, 0.3) is 0 Å². The van der Waals surface area contributed by atoms with E-state index in [1.165, 1.54) is 12.2 Å². The molecule has 0 N–H and O–H groups in total. The van der Waals surface area contributed by atoms with Gasteiger partial charge < -0.3 is 4.57 Å². The third kappa shape index (κ3) is 4.56. The van der Waals surface area contributed by atoms with Crippen molar-refractivity contribution in [2.75, 3.05) is 0 Å². The van der Waals surface area contributed by atoms with Crippen LogP contribution in [0, 0.1) is 0 Å². The van der Waals surface area contributed by atoms with Crippen LogP contribution in [0.2, 0.25) is 0 Å². The van der Waals surface area contributed by atoms with Crippen LogP contribution in [-0.4, -0.2) is 14.9 Å². The highest BCUT2D eigenvalue weighted by atomic mass is 35.5. The molecule has 0 aliphatic heterocycles. The molecule has 16 heavy (non-hydrogen) atoms. The van der Waals surface area contributed by atoms with Crippen molar-refractivity contribution in [3.8, 4) is 0 Å². The number of hydrogen-bond acceptors (Lipinski definition) is 1. The summed E-state index contributed by atoms with van der Waals surface area (Å²) in [6.07, 6.45) is 10.8. The maximum absolute atomic E-state index is 6.19. The second-order valence-electron chi connectivity index (χ2n) is 4.32. The maximum atomic E-state index is 6.19. The Morgan fingerprint density at radius 2 is 2.12 bits per heavy atom. The minimum atomic E-state index is 0.347. The average Bonchev–Trinajstić information content (AvgIpc) is 2.67. The average molecular weight is 243 g/mol. The summed E-state index contributed by atoms with van der Waals surface area (Å²) >= 11 is 6.19. The van der Waals surface area contributed by atoms with Crippen LogP contribution in [0.25, 0.3) is 0 Å². The molecule has 92 valence electrons. The van der Waals surface area contributed by atoms with Crippen LogP contribution in [0.5, 0.6) is 0 Å². The molecule has 1 unspecified atom stereocenters. The zero-order chi connectivity index (χ0) is 11.8. The van der Waals surface area contributed by atoms with E-state index in [-0.39, 0.29) is 0 Å². The number of aromatic nitrogens is 2. The molecule has 1 rings (SSSR count). The van der Waals surface area contributed by atoms with Gasteiger partial charge in [0.1, 0.15) is 5.82 Å². The molecular formula is C13H23ClN2. The normalized spacial score (nSPS) is 12.9. The highest BCUT2D eigenvalue weighted by molar-refractivity contribution is 6.20. The Labute approximate surface area is 104 Å². The van der Waals surface area contributed by atoms with Gasteiger partial charge in [-0.1, -0.05) is 20.3 Å². The van der Waals surface area contributed by atoms with Crippen LogP contribution >= 0.6 is 11.6 Å². The molecule has 1 atom stereocenters. The molecule has 3 heteroatoms. The fourth-order valence-electron chi connectivity index (χ4n) is 1.95. The third-order valence-electron chi connectivity index (χ3n) is 2.79. The van der Waals surface area contributed by atoms with Crippen molar-refractivity contribution in [3.63, 3.8) is 0 Å². The van der Waals surface area contributed by atoms with Gasteiger partial charge in [-0.05, 0) is 25.7 Å². The highest BCUT2D eigenvalue weighted by Crippen LogP contribution is 2.14. The molecule has 0 saturated heterocycles. The molecule has 2 nitrogen and oxygen atoms in total. The van der Waals surface area contributed by atoms with Crippen LogP contribution < -0.4 is 0 Å². The van der Waals surface area contributed by atoms with E-state index in [1.54, 1.807) is 0 Å². The summed E-state index contributed by atoms with van der Waals surface area (Å²) in [6, 6.07) is 0. The van der Waals surface area contributed by atoms with Crippen molar-refractivity contribution in [1.29, 1.82) is 0 Å². The van der Waals surface area contributed by atoms with Gasteiger partial charge in [-0.15, -0.1) is 11.6 Å². The first kappa shape index (κ1) is 13.6. The summed E-state index contributed by atoms with van der Waals surface area (Å²) in [7, 11) is 0. The highest BCUT2D eigenvalue weighted by Gasteiger charge is 2.05. The van der Waals surface area contributed by atoms with Gasteiger partial charge in [0.15, 0.2) is 0 Å². The second-order valence-corrected chi connectivity index (χ2v) is 4.93. The van der Waals surface area contributed by atoms with Crippen LogP contribution in [0.4, 0.5) is 0 Å². The second kappa shape index (κ2) is 7.72. The molecule has 1 heterocycles. The van der Waals surface area contributed by atoms with Gasteiger partial charge in [0.2, 0.25) is 0 Å². The molecule has 1 aromatic heterocycles. The quantitative estimate of drug-likeness (QED) is 0.630. The first-order chi connectivity index (χ1) is 7.77. The molecule has 0 aliphatic rings. The number of nitrogens with zero attached hydrogens (tertiary/aromatic N) is 2. The molecule has 1 aromatic rings. The largest absolute Gasteiger partial charge is 0.335 e. The lowest BCUT2D eigenvalue weighted by Gasteiger charge is -2.08. The Hall–Kier alpha value is -0.500. The lowest BCUT2D eigenvalue weighted by Crippen LogP contribution is -2.04. The summed E-state index contributed by atoms with van der Waals surface area (Å²) in [5.74, 6) is 1.21. The van der Waals surface area contributed by atoms with E-state index in [0.717, 1.165) is 38.6 Å². The first-order valence-corrected chi connectivity index (χ1v) is 6.85. The Bertz CT molecular complexity index is 283. The lowest BCUT2D eigenvalue weighted by atomic mass is 10.1. The van der Waals surface area contributed by atoms with Crippen molar-refractivity contribution in [3.05, 3.63) is 18.2 Å². The summed E-state index contributed by atoms with van der Waals surface area (Å²) in [5, 5.41) is 0.347. The molecule has 0 aromatic carbocycles. The van der Waals surface area contributed by atoms with Crippen LogP contribution in [0.1, 0.15) is 51.8 Å². The van der Waals surface area contributed by atoms with Crippen molar-refractivity contribution in [1.82, 2.24) is 9.55 Å². The number of alkyl halides is 1. The minimum Gasteiger partial charge on any atom is -0.335 e. The SMILES string of the molecule is CCCC(Cl)CCCc1nccn1CCC. The van der Waals surface area contributed by atoms with E-state index in [9.17, 15) is 0 Å². The molecule has 0 aliphatic carbocycles. The van der Waals surface area contributed by atoms with Gasteiger partial charge in [-0.25, -0.2) is 4.98 Å². The summed E-state index contributed by atoms with van der Waals surface area (Å²) in [5.41, 5.74) is 0. The van der Waals surface area contributed by atoms with E-state index < -0.39 is 0 Å². The van der Waals surface area contributed by atoms with Gasteiger partial charge in [0, 0.05) is 30.7 Å². The molecule has 0 amide bonds. The summed E-state index contributed by atoms with van der Waals surface area (Å²) in [4.78, 5) is 4.40. The van der Waals surface area contributed by atoms with Crippen LogP contribution in [0.3, 0.4) is 0 Å². The first-order valence-electron chi connectivity index (χ1n) is 6.42.